The van der Waals surface area contributed by atoms with E-state index in [1.165, 1.54) is 6.07 Å². The van der Waals surface area contributed by atoms with E-state index in [4.69, 9.17) is 8.94 Å². The van der Waals surface area contributed by atoms with Gasteiger partial charge >= 0.3 is 11.8 Å². The molecule has 3 rings (SSSR count). The minimum Gasteiger partial charge on any atom is -0.439 e. The highest BCUT2D eigenvalue weighted by molar-refractivity contribution is 6.39. The second-order valence-corrected chi connectivity index (χ2v) is 7.00. The van der Waals surface area contributed by atoms with Gasteiger partial charge in [0, 0.05) is 6.07 Å². The van der Waals surface area contributed by atoms with Crippen LogP contribution in [0, 0.1) is 6.92 Å². The lowest BCUT2D eigenvalue weighted by Crippen LogP contribution is -2.35. The number of anilines is 1. The van der Waals surface area contributed by atoms with Crippen LogP contribution >= 0.6 is 0 Å². The summed E-state index contributed by atoms with van der Waals surface area (Å²) in [6.07, 6.45) is 0. The van der Waals surface area contributed by atoms with Crippen LogP contribution in [0.4, 0.5) is 5.82 Å². The number of aryl methyl sites for hydroxylation is 1. The number of hydrogen-bond acceptors (Lipinski definition) is 6. The monoisotopic (exact) mass is 356 g/mol. The molecule has 3 aromatic rings. The number of oxazole rings is 1. The molecule has 0 bridgehead atoms. The molecule has 1 aromatic carbocycles. The maximum atomic E-state index is 11.9. The Kier molecular flexibility index (Phi) is 4.50. The van der Waals surface area contributed by atoms with Gasteiger partial charge in [0.15, 0.2) is 11.4 Å². The van der Waals surface area contributed by atoms with Gasteiger partial charge in [-0.3, -0.25) is 14.9 Å². The molecule has 0 atom stereocenters. The zero-order valence-electron chi connectivity index (χ0n) is 15.0. The minimum atomic E-state index is -0.843. The number of rotatable bonds is 3. The van der Waals surface area contributed by atoms with E-state index < -0.39 is 11.8 Å². The summed E-state index contributed by atoms with van der Waals surface area (Å²) < 4.78 is 10.4. The highest BCUT2D eigenvalue weighted by atomic mass is 16.5. The van der Waals surface area contributed by atoms with Crippen LogP contribution in [-0.4, -0.2) is 22.0 Å². The summed E-state index contributed by atoms with van der Waals surface area (Å²) in [5, 5.41) is 8.40. The number of amides is 2. The second-order valence-electron chi connectivity index (χ2n) is 7.00. The molecule has 0 aliphatic rings. The van der Waals surface area contributed by atoms with Gasteiger partial charge in [0.05, 0.1) is 6.54 Å². The third-order valence-electron chi connectivity index (χ3n) is 3.77. The molecule has 0 aliphatic heterocycles. The molecular formula is C18H20N4O4. The number of benzene rings is 1. The van der Waals surface area contributed by atoms with Gasteiger partial charge in [-0.05, 0) is 30.0 Å². The predicted octanol–water partition coefficient (Wildman–Crippen LogP) is 2.68. The maximum absolute atomic E-state index is 11.9. The van der Waals surface area contributed by atoms with Crippen molar-refractivity contribution in [2.45, 2.75) is 39.7 Å². The van der Waals surface area contributed by atoms with Gasteiger partial charge in [-0.15, -0.1) is 0 Å². The molecule has 2 aromatic heterocycles. The Labute approximate surface area is 149 Å². The van der Waals surface area contributed by atoms with Crippen LogP contribution in [-0.2, 0) is 21.5 Å². The fraction of sp³-hybridized carbons (Fsp3) is 0.333. The van der Waals surface area contributed by atoms with Crippen molar-refractivity contribution in [3.05, 3.63) is 41.5 Å². The summed E-state index contributed by atoms with van der Waals surface area (Å²) in [4.78, 5) is 28.1. The van der Waals surface area contributed by atoms with Crippen molar-refractivity contribution in [2.24, 2.45) is 0 Å². The molecule has 0 saturated heterocycles. The maximum Gasteiger partial charge on any atom is 0.314 e. The van der Waals surface area contributed by atoms with Gasteiger partial charge in [-0.25, -0.2) is 4.98 Å². The first-order chi connectivity index (χ1) is 12.2. The Morgan fingerprint density at radius 3 is 2.58 bits per heavy atom. The first-order valence-electron chi connectivity index (χ1n) is 8.15. The van der Waals surface area contributed by atoms with E-state index in [1.54, 1.807) is 6.92 Å². The molecule has 26 heavy (non-hydrogen) atoms. The van der Waals surface area contributed by atoms with Gasteiger partial charge in [0.2, 0.25) is 5.89 Å². The summed E-state index contributed by atoms with van der Waals surface area (Å²) in [6.45, 7) is 8.03. The molecule has 2 N–H and O–H groups in total. The summed E-state index contributed by atoms with van der Waals surface area (Å²) >= 11 is 0. The SMILES string of the molecule is Cc1cc(NC(=O)C(=O)NCc2nc3cc(C(C)(C)C)ccc3o2)no1. The Hall–Kier alpha value is -3.16. The minimum absolute atomic E-state index is 0.000911. The molecule has 0 fully saturated rings. The second kappa shape index (κ2) is 6.62. The Bertz CT molecular complexity index is 965. The first kappa shape index (κ1) is 17.7. The lowest BCUT2D eigenvalue weighted by atomic mass is 9.87. The molecular weight excluding hydrogens is 336 g/mol. The van der Waals surface area contributed by atoms with Gasteiger partial charge in [-0.2, -0.15) is 0 Å². The van der Waals surface area contributed by atoms with Crippen molar-refractivity contribution in [1.29, 1.82) is 0 Å². The van der Waals surface area contributed by atoms with Crippen LogP contribution in [0.15, 0.2) is 33.2 Å². The first-order valence-corrected chi connectivity index (χ1v) is 8.15. The van der Waals surface area contributed by atoms with Crippen molar-refractivity contribution in [3.8, 4) is 0 Å². The van der Waals surface area contributed by atoms with Crippen molar-refractivity contribution in [2.75, 3.05) is 5.32 Å². The zero-order chi connectivity index (χ0) is 18.9. The lowest BCUT2D eigenvalue weighted by molar-refractivity contribution is -0.136. The molecule has 8 nitrogen and oxygen atoms in total. The van der Waals surface area contributed by atoms with Crippen molar-refractivity contribution in [3.63, 3.8) is 0 Å². The van der Waals surface area contributed by atoms with Crippen LogP contribution in [0.3, 0.4) is 0 Å². The zero-order valence-corrected chi connectivity index (χ0v) is 15.0. The lowest BCUT2D eigenvalue weighted by Gasteiger charge is -2.18. The smallest absolute Gasteiger partial charge is 0.314 e. The largest absolute Gasteiger partial charge is 0.439 e. The van der Waals surface area contributed by atoms with Crippen LogP contribution in [0.25, 0.3) is 11.1 Å². The normalized spacial score (nSPS) is 11.5. The molecule has 0 spiro atoms. The average molecular weight is 356 g/mol. The third-order valence-corrected chi connectivity index (χ3v) is 3.77. The molecule has 0 aliphatic carbocycles. The number of hydrogen-bond donors (Lipinski definition) is 2. The van der Waals surface area contributed by atoms with E-state index in [0.717, 1.165) is 5.56 Å². The van der Waals surface area contributed by atoms with Gasteiger partial charge in [0.25, 0.3) is 0 Å². The Morgan fingerprint density at radius 2 is 1.92 bits per heavy atom. The summed E-state index contributed by atoms with van der Waals surface area (Å²) in [5.41, 5.74) is 2.48. The molecule has 0 unspecified atom stereocenters. The van der Waals surface area contributed by atoms with E-state index in [1.807, 2.05) is 18.2 Å². The molecule has 2 heterocycles. The van der Waals surface area contributed by atoms with E-state index in [-0.39, 0.29) is 17.8 Å². The van der Waals surface area contributed by atoms with Crippen LogP contribution in [0.2, 0.25) is 0 Å². The highest BCUT2D eigenvalue weighted by Crippen LogP contribution is 2.26. The number of nitrogens with one attached hydrogen (secondary N) is 2. The topological polar surface area (TPSA) is 110 Å². The summed E-state index contributed by atoms with van der Waals surface area (Å²) in [6, 6.07) is 7.32. The van der Waals surface area contributed by atoms with E-state index in [2.05, 4.69) is 41.5 Å². The number of carbonyl (C=O) groups is 2. The molecule has 136 valence electrons. The fourth-order valence-corrected chi connectivity index (χ4v) is 2.35. The predicted molar refractivity (Wildman–Crippen MR) is 94.4 cm³/mol. The Balaban J connectivity index is 1.63. The molecule has 0 saturated carbocycles. The fourth-order valence-electron chi connectivity index (χ4n) is 2.35. The average Bonchev–Trinajstić information content (AvgIpc) is 3.16. The van der Waals surface area contributed by atoms with Gasteiger partial charge < -0.3 is 14.3 Å². The van der Waals surface area contributed by atoms with Crippen LogP contribution in [0.5, 0.6) is 0 Å². The van der Waals surface area contributed by atoms with Gasteiger partial charge in [0.1, 0.15) is 11.3 Å². The van der Waals surface area contributed by atoms with Crippen LogP contribution < -0.4 is 10.6 Å². The van der Waals surface area contributed by atoms with E-state index in [0.29, 0.717) is 22.8 Å². The number of carbonyl (C=O) groups excluding carboxylic acids is 2. The molecule has 8 heteroatoms. The van der Waals surface area contributed by atoms with Crippen molar-refractivity contribution >= 4 is 28.7 Å². The number of fused-ring (bicyclic) bond motifs is 1. The Morgan fingerprint density at radius 1 is 1.15 bits per heavy atom. The van der Waals surface area contributed by atoms with Crippen molar-refractivity contribution < 1.29 is 18.5 Å². The number of aromatic nitrogens is 2. The quantitative estimate of drug-likeness (QED) is 0.698. The van der Waals surface area contributed by atoms with Crippen LogP contribution in [0.1, 0.15) is 38.0 Å². The third kappa shape index (κ3) is 3.90. The van der Waals surface area contributed by atoms with E-state index in [9.17, 15) is 9.59 Å². The van der Waals surface area contributed by atoms with Gasteiger partial charge in [-0.1, -0.05) is 32.0 Å². The highest BCUT2D eigenvalue weighted by Gasteiger charge is 2.18. The number of nitrogens with zero attached hydrogens (tertiary/aromatic N) is 2. The molecule has 2 amide bonds. The summed E-state index contributed by atoms with van der Waals surface area (Å²) in [5.74, 6) is -0.627. The molecule has 0 radical (unpaired) electrons. The van der Waals surface area contributed by atoms with E-state index >= 15 is 0 Å². The standard InChI is InChI=1S/C18H20N4O4/c1-10-7-14(22-26-10)21-17(24)16(23)19-9-15-20-12-8-11(18(2,3)4)5-6-13(12)25-15/h5-8H,9H2,1-4H3,(H,19,23)(H,21,22,24). The van der Waals surface area contributed by atoms with Crippen molar-refractivity contribution in [1.82, 2.24) is 15.5 Å². The summed E-state index contributed by atoms with van der Waals surface area (Å²) in [7, 11) is 0.